The van der Waals surface area contributed by atoms with Gasteiger partial charge in [-0.15, -0.1) is 0 Å². The zero-order valence-corrected chi connectivity index (χ0v) is 22.5. The van der Waals surface area contributed by atoms with Gasteiger partial charge in [-0.3, -0.25) is 4.79 Å². The smallest absolute Gasteiger partial charge is 0.261 e. The first-order valence-corrected chi connectivity index (χ1v) is 12.7. The third kappa shape index (κ3) is 7.31. The molecular weight excluding hydrogens is 652 g/mol. The Morgan fingerprint density at radius 2 is 1.68 bits per heavy atom. The monoisotopic (exact) mass is 673 g/mol. The molecule has 3 rings (SSSR count). The summed E-state index contributed by atoms with van der Waals surface area (Å²) in [5, 5.41) is 21.6. The Labute approximate surface area is 226 Å². The number of hydrogen-bond donors (Lipinski definition) is 1. The number of halogens is 2. The summed E-state index contributed by atoms with van der Waals surface area (Å²) in [6.07, 6.45) is 3.25. The molecule has 0 aliphatic rings. The van der Waals surface area contributed by atoms with Gasteiger partial charge < -0.3 is 10.1 Å². The molecule has 0 bridgehead atoms. The molecule has 0 atom stereocenters. The van der Waals surface area contributed by atoms with E-state index in [1.165, 1.54) is 5.56 Å². The van der Waals surface area contributed by atoms with Gasteiger partial charge in [-0.05, 0) is 93.4 Å². The second-order valence-electron chi connectivity index (χ2n) is 7.39. The zero-order valence-electron chi connectivity index (χ0n) is 18.2. The normalized spacial score (nSPS) is 10.8. The highest BCUT2D eigenvalue weighted by molar-refractivity contribution is 14.1. The van der Waals surface area contributed by atoms with Crippen LogP contribution in [0.5, 0.6) is 5.75 Å². The summed E-state index contributed by atoms with van der Waals surface area (Å²) in [4.78, 5) is 12.5. The van der Waals surface area contributed by atoms with Gasteiger partial charge in [-0.25, -0.2) is 0 Å². The summed E-state index contributed by atoms with van der Waals surface area (Å²) in [6, 6.07) is 25.3. The van der Waals surface area contributed by atoms with E-state index in [1.54, 1.807) is 12.1 Å². The van der Waals surface area contributed by atoms with Gasteiger partial charge >= 0.3 is 0 Å². The van der Waals surface area contributed by atoms with Gasteiger partial charge in [-0.1, -0.05) is 48.5 Å². The Balaban J connectivity index is 1.63. The summed E-state index contributed by atoms with van der Waals surface area (Å²) in [7, 11) is 0. The number of carbonyl (C=O) groups excluding carboxylic acids is 1. The van der Waals surface area contributed by atoms with Gasteiger partial charge in [0.25, 0.3) is 5.91 Å². The fourth-order valence-electron chi connectivity index (χ4n) is 3.26. The highest BCUT2D eigenvalue weighted by Gasteiger charge is 2.13. The highest BCUT2D eigenvalue weighted by Crippen LogP contribution is 2.30. The Kier molecular flexibility index (Phi) is 9.92. The largest absolute Gasteiger partial charge is 0.487 e. The minimum absolute atomic E-state index is 0.0583. The van der Waals surface area contributed by atoms with Crippen molar-refractivity contribution in [2.45, 2.75) is 19.4 Å². The Morgan fingerprint density at radius 3 is 2.35 bits per heavy atom. The van der Waals surface area contributed by atoms with Crippen LogP contribution >= 0.6 is 45.2 Å². The number of aryl methyl sites for hydroxylation is 1. The van der Waals surface area contributed by atoms with Crippen LogP contribution < -0.4 is 10.1 Å². The number of carbonyl (C=O) groups is 1. The molecule has 1 amide bonds. The van der Waals surface area contributed by atoms with Crippen molar-refractivity contribution < 1.29 is 9.53 Å². The number of ether oxygens (including phenoxy) is 1. The number of rotatable bonds is 9. The quantitative estimate of drug-likeness (QED) is 0.131. The van der Waals surface area contributed by atoms with Crippen molar-refractivity contribution in [2.24, 2.45) is 0 Å². The van der Waals surface area contributed by atoms with Gasteiger partial charge in [0.1, 0.15) is 24.0 Å². The van der Waals surface area contributed by atoms with Crippen LogP contribution in [0.15, 0.2) is 72.3 Å². The molecule has 5 nitrogen and oxygen atoms in total. The maximum Gasteiger partial charge on any atom is 0.261 e. The standard InChI is InChI=1S/C27H21I2N3O2/c28-24-14-20(15-25(29)26(24)34-18-22-11-5-4-10-21(22)16-30)13-23(17-31)27(33)32-12-6-9-19-7-2-1-3-8-19/h1-5,7-8,10-11,13-15H,6,9,12,18H2,(H,32,33)/b23-13-. The molecule has 0 aromatic heterocycles. The Bertz CT molecular complexity index is 1250. The van der Waals surface area contributed by atoms with Crippen LogP contribution in [-0.2, 0) is 17.8 Å². The maximum atomic E-state index is 12.5. The third-order valence-electron chi connectivity index (χ3n) is 4.98. The molecular formula is C27H21I2N3O2. The van der Waals surface area contributed by atoms with Crippen molar-refractivity contribution in [2.75, 3.05) is 6.54 Å². The van der Waals surface area contributed by atoms with Crippen LogP contribution in [0.1, 0.15) is 28.7 Å². The number of nitriles is 2. The molecule has 0 saturated heterocycles. The van der Waals surface area contributed by atoms with Crippen LogP contribution in [0.3, 0.4) is 0 Å². The number of nitrogens with zero attached hydrogens (tertiary/aromatic N) is 2. The second-order valence-corrected chi connectivity index (χ2v) is 9.71. The van der Waals surface area contributed by atoms with Crippen LogP contribution in [0.4, 0.5) is 0 Å². The summed E-state index contributed by atoms with van der Waals surface area (Å²) in [5.74, 6) is 0.323. The zero-order chi connectivity index (χ0) is 24.3. The van der Waals surface area contributed by atoms with Crippen molar-refractivity contribution in [3.8, 4) is 17.9 Å². The van der Waals surface area contributed by atoms with E-state index < -0.39 is 0 Å². The Morgan fingerprint density at radius 1 is 1.00 bits per heavy atom. The molecule has 1 N–H and O–H groups in total. The van der Waals surface area contributed by atoms with Crippen LogP contribution in [-0.4, -0.2) is 12.5 Å². The molecule has 34 heavy (non-hydrogen) atoms. The average Bonchev–Trinajstić information content (AvgIpc) is 2.85. The predicted octanol–water partition coefficient (Wildman–Crippen LogP) is 6.00. The van der Waals surface area contributed by atoms with Gasteiger partial charge in [0.15, 0.2) is 0 Å². The van der Waals surface area contributed by atoms with Crippen LogP contribution in [0.25, 0.3) is 6.08 Å². The van der Waals surface area contributed by atoms with Crippen LogP contribution in [0, 0.1) is 29.8 Å². The van der Waals surface area contributed by atoms with Crippen molar-refractivity contribution in [3.05, 3.63) is 102 Å². The van der Waals surface area contributed by atoms with Crippen molar-refractivity contribution >= 4 is 57.2 Å². The topological polar surface area (TPSA) is 85.9 Å². The molecule has 170 valence electrons. The molecule has 0 fully saturated rings. The fraction of sp³-hybridized carbons (Fsp3) is 0.148. The fourth-order valence-corrected chi connectivity index (χ4v) is 5.38. The lowest BCUT2D eigenvalue weighted by molar-refractivity contribution is -0.117. The summed E-state index contributed by atoms with van der Waals surface area (Å²) in [5.41, 5.74) is 3.42. The number of nitrogens with one attached hydrogen (secondary N) is 1. The summed E-state index contributed by atoms with van der Waals surface area (Å²) < 4.78 is 7.71. The minimum Gasteiger partial charge on any atom is -0.487 e. The molecule has 0 saturated carbocycles. The molecule has 0 heterocycles. The highest BCUT2D eigenvalue weighted by atomic mass is 127. The maximum absolute atomic E-state index is 12.5. The molecule has 0 radical (unpaired) electrons. The minimum atomic E-state index is -0.381. The van der Waals surface area contributed by atoms with Gasteiger partial charge in [0.05, 0.1) is 18.8 Å². The summed E-state index contributed by atoms with van der Waals surface area (Å²) >= 11 is 4.35. The molecule has 0 spiro atoms. The van der Waals surface area contributed by atoms with Crippen LogP contribution in [0.2, 0.25) is 0 Å². The number of amides is 1. The first kappa shape index (κ1) is 25.7. The van der Waals surface area contributed by atoms with E-state index in [0.717, 1.165) is 31.1 Å². The van der Waals surface area contributed by atoms with Crippen molar-refractivity contribution in [1.82, 2.24) is 5.32 Å². The second kappa shape index (κ2) is 13.1. The van der Waals surface area contributed by atoms with E-state index in [-0.39, 0.29) is 18.1 Å². The first-order chi connectivity index (χ1) is 16.5. The first-order valence-electron chi connectivity index (χ1n) is 10.6. The van der Waals surface area contributed by atoms with Gasteiger partial charge in [0.2, 0.25) is 0 Å². The molecule has 3 aromatic carbocycles. The van der Waals surface area contributed by atoms with E-state index in [2.05, 4.69) is 68.7 Å². The van der Waals surface area contributed by atoms with E-state index in [4.69, 9.17) is 4.74 Å². The van der Waals surface area contributed by atoms with Gasteiger partial charge in [0, 0.05) is 12.1 Å². The van der Waals surface area contributed by atoms with E-state index in [9.17, 15) is 15.3 Å². The van der Waals surface area contributed by atoms with Crippen molar-refractivity contribution in [1.29, 1.82) is 10.5 Å². The van der Waals surface area contributed by atoms with E-state index >= 15 is 0 Å². The third-order valence-corrected chi connectivity index (χ3v) is 6.58. The molecule has 3 aromatic rings. The number of benzene rings is 3. The lowest BCUT2D eigenvalue weighted by Crippen LogP contribution is -2.25. The SMILES string of the molecule is N#C/C(=C/c1cc(I)c(OCc2ccccc2C#N)c(I)c1)C(=O)NCCCc1ccccc1. The molecule has 0 aliphatic heterocycles. The van der Waals surface area contributed by atoms with E-state index in [1.807, 2.05) is 54.6 Å². The average molecular weight is 673 g/mol. The lowest BCUT2D eigenvalue weighted by Gasteiger charge is -2.12. The molecule has 7 heteroatoms. The summed E-state index contributed by atoms with van der Waals surface area (Å²) in [6.45, 7) is 0.776. The molecule has 0 unspecified atom stereocenters. The molecule has 0 aliphatic carbocycles. The van der Waals surface area contributed by atoms with Gasteiger partial charge in [-0.2, -0.15) is 10.5 Å². The Hall–Kier alpha value is -2.89. The van der Waals surface area contributed by atoms with E-state index in [0.29, 0.717) is 17.9 Å². The number of hydrogen-bond acceptors (Lipinski definition) is 4. The van der Waals surface area contributed by atoms with Crippen molar-refractivity contribution in [3.63, 3.8) is 0 Å². The lowest BCUT2D eigenvalue weighted by atomic mass is 10.1. The predicted molar refractivity (Wildman–Crippen MR) is 149 cm³/mol.